The molecule has 0 aliphatic heterocycles. The van der Waals surface area contributed by atoms with E-state index in [0.717, 1.165) is 4.47 Å². The van der Waals surface area contributed by atoms with Gasteiger partial charge in [0.15, 0.2) is 0 Å². The Kier molecular flexibility index (Phi) is 3.71. The second-order valence-electron chi connectivity index (χ2n) is 3.26. The zero-order chi connectivity index (χ0) is 10.7. The molecule has 0 saturated heterocycles. The Bertz CT molecular complexity index is 335. The lowest BCUT2D eigenvalue weighted by Gasteiger charge is -2.11. The fourth-order valence-corrected chi connectivity index (χ4v) is 1.63. The molecule has 78 valence electrons. The van der Waals surface area contributed by atoms with Crippen molar-refractivity contribution in [3.63, 3.8) is 0 Å². The van der Waals surface area contributed by atoms with Crippen molar-refractivity contribution in [2.24, 2.45) is 12.8 Å². The molecule has 0 fully saturated rings. The van der Waals surface area contributed by atoms with Gasteiger partial charge >= 0.3 is 0 Å². The molecule has 3 N–H and O–H groups in total. The highest BCUT2D eigenvalue weighted by atomic mass is 79.9. The van der Waals surface area contributed by atoms with Gasteiger partial charge in [-0.1, -0.05) is 0 Å². The topological polar surface area (TPSA) is 60.0 Å². The van der Waals surface area contributed by atoms with E-state index in [1.54, 1.807) is 10.6 Å². The maximum absolute atomic E-state index is 11.6. The molecule has 1 aromatic heterocycles. The average molecular weight is 260 g/mol. The average Bonchev–Trinajstić information content (AvgIpc) is 2.45. The molecule has 1 aromatic rings. The normalized spacial score (nSPS) is 12.6. The predicted octanol–water partition coefficient (Wildman–Crippen LogP) is 0.865. The monoisotopic (exact) mass is 259 g/mol. The summed E-state index contributed by atoms with van der Waals surface area (Å²) in [5.74, 6) is -0.101. The van der Waals surface area contributed by atoms with Gasteiger partial charge in [0.2, 0.25) is 0 Å². The number of aromatic nitrogens is 1. The minimum absolute atomic E-state index is 0.00354. The number of carbonyl (C=O) groups excluding carboxylic acids is 1. The molecule has 1 amide bonds. The van der Waals surface area contributed by atoms with Gasteiger partial charge in [0, 0.05) is 30.3 Å². The van der Waals surface area contributed by atoms with Crippen molar-refractivity contribution in [3.8, 4) is 0 Å². The van der Waals surface area contributed by atoms with Gasteiger partial charge in [0.05, 0.1) is 0 Å². The van der Waals surface area contributed by atoms with Crippen LogP contribution in [-0.4, -0.2) is 23.1 Å². The summed E-state index contributed by atoms with van der Waals surface area (Å²) in [5, 5.41) is 2.79. The minimum atomic E-state index is -0.101. The molecule has 14 heavy (non-hydrogen) atoms. The van der Waals surface area contributed by atoms with Gasteiger partial charge in [-0.15, -0.1) is 0 Å². The molecule has 5 heteroatoms. The predicted molar refractivity (Wildman–Crippen MR) is 59.1 cm³/mol. The van der Waals surface area contributed by atoms with Gasteiger partial charge in [0.1, 0.15) is 5.69 Å². The van der Waals surface area contributed by atoms with Crippen molar-refractivity contribution >= 4 is 21.8 Å². The van der Waals surface area contributed by atoms with E-state index in [0.29, 0.717) is 12.2 Å². The van der Waals surface area contributed by atoms with Gasteiger partial charge in [-0.25, -0.2) is 0 Å². The van der Waals surface area contributed by atoms with E-state index in [1.165, 1.54) is 0 Å². The summed E-state index contributed by atoms with van der Waals surface area (Å²) in [5.41, 5.74) is 6.03. The fraction of sp³-hybridized carbons (Fsp3) is 0.444. The van der Waals surface area contributed by atoms with E-state index >= 15 is 0 Å². The molecular weight excluding hydrogens is 246 g/mol. The highest BCUT2D eigenvalue weighted by Crippen LogP contribution is 2.13. The van der Waals surface area contributed by atoms with Crippen molar-refractivity contribution in [2.75, 3.05) is 6.54 Å². The standard InChI is InChI=1S/C9H14BrN3O/c1-6(4-11)12-9(14)8-3-7(10)5-13(8)2/h3,5-6H,4,11H2,1-2H3,(H,12,14)/t6-/m1/s1. The largest absolute Gasteiger partial charge is 0.347 e. The van der Waals surface area contributed by atoms with Crippen LogP contribution in [0, 0.1) is 0 Å². The quantitative estimate of drug-likeness (QED) is 0.847. The molecule has 0 bridgehead atoms. The second kappa shape index (κ2) is 4.61. The highest BCUT2D eigenvalue weighted by molar-refractivity contribution is 9.10. The van der Waals surface area contributed by atoms with E-state index < -0.39 is 0 Å². The molecule has 1 atom stereocenters. The second-order valence-corrected chi connectivity index (χ2v) is 4.18. The number of nitrogens with one attached hydrogen (secondary N) is 1. The smallest absolute Gasteiger partial charge is 0.268 e. The SMILES string of the molecule is C[C@H](CN)NC(=O)c1cc(Br)cn1C. The van der Waals surface area contributed by atoms with E-state index in [1.807, 2.05) is 20.2 Å². The maximum atomic E-state index is 11.6. The van der Waals surface area contributed by atoms with Crippen molar-refractivity contribution < 1.29 is 4.79 Å². The lowest BCUT2D eigenvalue weighted by molar-refractivity contribution is 0.0933. The van der Waals surface area contributed by atoms with Crippen LogP contribution in [0.15, 0.2) is 16.7 Å². The highest BCUT2D eigenvalue weighted by Gasteiger charge is 2.12. The third kappa shape index (κ3) is 2.59. The van der Waals surface area contributed by atoms with E-state index in [4.69, 9.17) is 5.73 Å². The van der Waals surface area contributed by atoms with Crippen molar-refractivity contribution in [3.05, 3.63) is 22.4 Å². The van der Waals surface area contributed by atoms with E-state index in [9.17, 15) is 4.79 Å². The Hall–Kier alpha value is -0.810. The van der Waals surface area contributed by atoms with Crippen LogP contribution in [0.4, 0.5) is 0 Å². The fourth-order valence-electron chi connectivity index (χ4n) is 1.11. The number of carbonyl (C=O) groups is 1. The molecule has 0 aromatic carbocycles. The zero-order valence-electron chi connectivity index (χ0n) is 8.25. The Labute approximate surface area is 91.6 Å². The number of hydrogen-bond donors (Lipinski definition) is 2. The molecule has 0 radical (unpaired) electrons. The third-order valence-electron chi connectivity index (χ3n) is 1.94. The van der Waals surface area contributed by atoms with Gasteiger partial charge in [-0.2, -0.15) is 0 Å². The van der Waals surface area contributed by atoms with Crippen LogP contribution in [0.25, 0.3) is 0 Å². The Morgan fingerprint density at radius 1 is 1.79 bits per heavy atom. The number of hydrogen-bond acceptors (Lipinski definition) is 2. The summed E-state index contributed by atoms with van der Waals surface area (Å²) in [6, 6.07) is 1.77. The third-order valence-corrected chi connectivity index (χ3v) is 2.37. The molecular formula is C9H14BrN3O. The van der Waals surface area contributed by atoms with Crippen LogP contribution in [0.1, 0.15) is 17.4 Å². The molecule has 0 saturated carbocycles. The van der Waals surface area contributed by atoms with Crippen LogP contribution < -0.4 is 11.1 Å². The van der Waals surface area contributed by atoms with Crippen LogP contribution in [-0.2, 0) is 7.05 Å². The van der Waals surface area contributed by atoms with Crippen LogP contribution in [0.5, 0.6) is 0 Å². The Morgan fingerprint density at radius 3 is 2.86 bits per heavy atom. The summed E-state index contributed by atoms with van der Waals surface area (Å²) in [6.45, 7) is 2.31. The lowest BCUT2D eigenvalue weighted by atomic mass is 10.3. The lowest BCUT2D eigenvalue weighted by Crippen LogP contribution is -2.38. The zero-order valence-corrected chi connectivity index (χ0v) is 9.84. The molecule has 0 aliphatic rings. The molecule has 0 unspecified atom stereocenters. The molecule has 0 spiro atoms. The number of nitrogens with two attached hydrogens (primary N) is 1. The summed E-state index contributed by atoms with van der Waals surface area (Å²) in [7, 11) is 1.83. The van der Waals surface area contributed by atoms with Gasteiger partial charge in [-0.05, 0) is 28.9 Å². The maximum Gasteiger partial charge on any atom is 0.268 e. The first-order valence-corrected chi connectivity index (χ1v) is 5.16. The number of halogens is 1. The minimum Gasteiger partial charge on any atom is -0.347 e. The van der Waals surface area contributed by atoms with Crippen molar-refractivity contribution in [2.45, 2.75) is 13.0 Å². The summed E-state index contributed by atoms with van der Waals surface area (Å²) >= 11 is 3.31. The molecule has 4 nitrogen and oxygen atoms in total. The van der Waals surface area contributed by atoms with Crippen LogP contribution >= 0.6 is 15.9 Å². The summed E-state index contributed by atoms with van der Waals surface area (Å²) in [4.78, 5) is 11.6. The van der Waals surface area contributed by atoms with E-state index in [-0.39, 0.29) is 11.9 Å². The van der Waals surface area contributed by atoms with Gasteiger partial charge in [-0.3, -0.25) is 4.79 Å². The summed E-state index contributed by atoms with van der Waals surface area (Å²) in [6.07, 6.45) is 1.84. The Morgan fingerprint density at radius 2 is 2.43 bits per heavy atom. The van der Waals surface area contributed by atoms with E-state index in [2.05, 4.69) is 21.2 Å². The van der Waals surface area contributed by atoms with Crippen molar-refractivity contribution in [1.82, 2.24) is 9.88 Å². The first-order chi connectivity index (χ1) is 6.54. The van der Waals surface area contributed by atoms with Crippen LogP contribution in [0.3, 0.4) is 0 Å². The first kappa shape index (κ1) is 11.3. The Balaban J connectivity index is 2.74. The molecule has 1 heterocycles. The number of amides is 1. The molecule has 0 aliphatic carbocycles. The summed E-state index contributed by atoms with van der Waals surface area (Å²) < 4.78 is 2.66. The number of aryl methyl sites for hydroxylation is 1. The first-order valence-electron chi connectivity index (χ1n) is 4.37. The molecule has 1 rings (SSSR count). The number of rotatable bonds is 3. The van der Waals surface area contributed by atoms with Gasteiger partial charge < -0.3 is 15.6 Å². The number of nitrogens with zero attached hydrogens (tertiary/aromatic N) is 1. The van der Waals surface area contributed by atoms with Gasteiger partial charge in [0.25, 0.3) is 5.91 Å². The van der Waals surface area contributed by atoms with Crippen molar-refractivity contribution in [1.29, 1.82) is 0 Å². The van der Waals surface area contributed by atoms with Crippen LogP contribution in [0.2, 0.25) is 0 Å².